The van der Waals surface area contributed by atoms with Crippen molar-refractivity contribution in [3.05, 3.63) is 33.3 Å². The molecule has 1 fully saturated rings. The average molecular weight is 362 g/mol. The summed E-state index contributed by atoms with van der Waals surface area (Å²) in [7, 11) is 0. The molecule has 1 unspecified atom stereocenters. The van der Waals surface area contributed by atoms with E-state index in [0.29, 0.717) is 10.6 Å². The molecule has 1 aromatic rings. The Hall–Kier alpha value is -0.620. The van der Waals surface area contributed by atoms with Crippen molar-refractivity contribution in [1.82, 2.24) is 10.2 Å². The molecule has 1 aliphatic heterocycles. The maximum atomic E-state index is 12.1. The van der Waals surface area contributed by atoms with Crippen LogP contribution in [0.3, 0.4) is 0 Å². The highest BCUT2D eigenvalue weighted by Crippen LogP contribution is 2.23. The lowest BCUT2D eigenvalue weighted by atomic mass is 10.2. The van der Waals surface area contributed by atoms with E-state index in [1.54, 1.807) is 18.2 Å². The average Bonchev–Trinajstić information content (AvgIpc) is 2.42. The summed E-state index contributed by atoms with van der Waals surface area (Å²) in [6.45, 7) is 6.22. The normalized spacial score (nSPS) is 17.8. The van der Waals surface area contributed by atoms with Crippen LogP contribution in [-0.4, -0.2) is 49.7 Å². The molecule has 20 heavy (non-hydrogen) atoms. The number of rotatable bonds is 4. The third kappa shape index (κ3) is 4.45. The second kappa shape index (κ2) is 7.41. The largest absolute Gasteiger partial charge is 0.379 e. The third-order valence-corrected chi connectivity index (χ3v) is 4.43. The van der Waals surface area contributed by atoms with Gasteiger partial charge in [0, 0.05) is 35.7 Å². The predicted molar refractivity (Wildman–Crippen MR) is 83.3 cm³/mol. The summed E-state index contributed by atoms with van der Waals surface area (Å²) in [5.41, 5.74) is 0.576. The number of ether oxygens (including phenoxy) is 1. The van der Waals surface area contributed by atoms with E-state index in [2.05, 4.69) is 26.1 Å². The smallest absolute Gasteiger partial charge is 0.251 e. The number of amides is 1. The highest BCUT2D eigenvalue weighted by molar-refractivity contribution is 9.10. The first-order chi connectivity index (χ1) is 9.56. The molecule has 1 aromatic carbocycles. The van der Waals surface area contributed by atoms with Gasteiger partial charge in [0.25, 0.3) is 5.91 Å². The Kier molecular flexibility index (Phi) is 5.84. The van der Waals surface area contributed by atoms with Gasteiger partial charge in [-0.2, -0.15) is 0 Å². The van der Waals surface area contributed by atoms with Gasteiger partial charge in [0.1, 0.15) is 0 Å². The Morgan fingerprint density at radius 2 is 2.20 bits per heavy atom. The minimum absolute atomic E-state index is 0.0861. The van der Waals surface area contributed by atoms with Crippen molar-refractivity contribution >= 4 is 33.4 Å². The van der Waals surface area contributed by atoms with Gasteiger partial charge in [-0.15, -0.1) is 0 Å². The van der Waals surface area contributed by atoms with Crippen molar-refractivity contribution < 1.29 is 9.53 Å². The fourth-order valence-electron chi connectivity index (χ4n) is 2.16. The van der Waals surface area contributed by atoms with E-state index < -0.39 is 0 Å². The van der Waals surface area contributed by atoms with E-state index in [9.17, 15) is 4.79 Å². The van der Waals surface area contributed by atoms with E-state index in [0.717, 1.165) is 37.3 Å². The molecule has 6 heteroatoms. The zero-order chi connectivity index (χ0) is 14.5. The minimum atomic E-state index is -0.0971. The molecule has 1 amide bonds. The van der Waals surface area contributed by atoms with Gasteiger partial charge in [0.15, 0.2) is 0 Å². The molecule has 0 aliphatic carbocycles. The van der Waals surface area contributed by atoms with Crippen molar-refractivity contribution in [2.45, 2.75) is 13.0 Å². The highest BCUT2D eigenvalue weighted by atomic mass is 79.9. The van der Waals surface area contributed by atoms with E-state index in [4.69, 9.17) is 16.3 Å². The Morgan fingerprint density at radius 3 is 2.85 bits per heavy atom. The maximum absolute atomic E-state index is 12.1. The molecule has 0 saturated carbocycles. The molecule has 1 N–H and O–H groups in total. The quantitative estimate of drug-likeness (QED) is 0.896. The number of morpholine rings is 1. The first kappa shape index (κ1) is 15.8. The number of hydrogen-bond donors (Lipinski definition) is 1. The number of halogens is 2. The second-order valence-corrected chi connectivity index (χ2v) is 6.18. The number of nitrogens with zero attached hydrogens (tertiary/aromatic N) is 1. The van der Waals surface area contributed by atoms with Gasteiger partial charge in [-0.1, -0.05) is 11.6 Å². The lowest BCUT2D eigenvalue weighted by Gasteiger charge is -2.29. The Balaban J connectivity index is 1.87. The van der Waals surface area contributed by atoms with Gasteiger partial charge < -0.3 is 10.1 Å². The molecule has 2 rings (SSSR count). The van der Waals surface area contributed by atoms with Crippen molar-refractivity contribution in [1.29, 1.82) is 0 Å². The second-order valence-electron chi connectivity index (χ2n) is 4.92. The lowest BCUT2D eigenvalue weighted by Crippen LogP contribution is -2.46. The van der Waals surface area contributed by atoms with Crippen LogP contribution in [0, 0.1) is 0 Å². The van der Waals surface area contributed by atoms with Crippen LogP contribution in [0.5, 0.6) is 0 Å². The molecule has 0 radical (unpaired) electrons. The van der Waals surface area contributed by atoms with Crippen LogP contribution >= 0.6 is 27.5 Å². The first-order valence-corrected chi connectivity index (χ1v) is 7.79. The SMILES string of the molecule is CC(CN1CCOCC1)NC(=O)c1ccc(Br)c(Cl)c1. The topological polar surface area (TPSA) is 41.6 Å². The van der Waals surface area contributed by atoms with Crippen molar-refractivity contribution in [2.75, 3.05) is 32.8 Å². The molecule has 1 atom stereocenters. The molecule has 1 saturated heterocycles. The number of benzene rings is 1. The summed E-state index contributed by atoms with van der Waals surface area (Å²) in [6, 6.07) is 5.29. The van der Waals surface area contributed by atoms with Gasteiger partial charge >= 0.3 is 0 Å². The van der Waals surface area contributed by atoms with E-state index in [1.807, 2.05) is 6.92 Å². The van der Waals surface area contributed by atoms with Crippen LogP contribution in [0.4, 0.5) is 0 Å². The predicted octanol–water partition coefficient (Wildman–Crippen LogP) is 2.55. The van der Waals surface area contributed by atoms with Gasteiger partial charge in [0.05, 0.1) is 18.2 Å². The van der Waals surface area contributed by atoms with Crippen molar-refractivity contribution in [3.8, 4) is 0 Å². The number of carbonyl (C=O) groups excluding carboxylic acids is 1. The number of hydrogen-bond acceptors (Lipinski definition) is 3. The summed E-state index contributed by atoms with van der Waals surface area (Å²) in [5.74, 6) is -0.0971. The lowest BCUT2D eigenvalue weighted by molar-refractivity contribution is 0.0342. The highest BCUT2D eigenvalue weighted by Gasteiger charge is 2.16. The monoisotopic (exact) mass is 360 g/mol. The van der Waals surface area contributed by atoms with Gasteiger partial charge in [-0.3, -0.25) is 9.69 Å². The fraction of sp³-hybridized carbons (Fsp3) is 0.500. The maximum Gasteiger partial charge on any atom is 0.251 e. The van der Waals surface area contributed by atoms with E-state index in [-0.39, 0.29) is 11.9 Å². The molecule has 1 aliphatic rings. The third-order valence-electron chi connectivity index (χ3n) is 3.20. The van der Waals surface area contributed by atoms with Gasteiger partial charge in [0.2, 0.25) is 0 Å². The van der Waals surface area contributed by atoms with Crippen LogP contribution in [0.25, 0.3) is 0 Å². The van der Waals surface area contributed by atoms with Crippen LogP contribution in [0.1, 0.15) is 17.3 Å². The first-order valence-electron chi connectivity index (χ1n) is 6.62. The molecule has 1 heterocycles. The Labute approximate surface area is 132 Å². The summed E-state index contributed by atoms with van der Waals surface area (Å²) in [5, 5.41) is 3.54. The molecular weight excluding hydrogens is 344 g/mol. The van der Waals surface area contributed by atoms with Crippen molar-refractivity contribution in [3.63, 3.8) is 0 Å². The van der Waals surface area contributed by atoms with Crippen LogP contribution in [0.2, 0.25) is 5.02 Å². The zero-order valence-electron chi connectivity index (χ0n) is 11.4. The summed E-state index contributed by atoms with van der Waals surface area (Å²) in [4.78, 5) is 14.4. The summed E-state index contributed by atoms with van der Waals surface area (Å²) in [6.07, 6.45) is 0. The Bertz CT molecular complexity index is 478. The van der Waals surface area contributed by atoms with Gasteiger partial charge in [-0.25, -0.2) is 0 Å². The molecule has 0 aromatic heterocycles. The number of carbonyl (C=O) groups is 1. The zero-order valence-corrected chi connectivity index (χ0v) is 13.7. The molecule has 4 nitrogen and oxygen atoms in total. The van der Waals surface area contributed by atoms with Crippen LogP contribution in [-0.2, 0) is 4.74 Å². The standard InChI is InChI=1S/C14H18BrClN2O2/c1-10(9-18-4-6-20-7-5-18)17-14(19)11-2-3-12(15)13(16)8-11/h2-3,8,10H,4-7,9H2,1H3,(H,17,19). The molecule has 0 bridgehead atoms. The van der Waals surface area contributed by atoms with Crippen LogP contribution < -0.4 is 5.32 Å². The summed E-state index contributed by atoms with van der Waals surface area (Å²) >= 11 is 9.31. The molecule has 110 valence electrons. The number of nitrogens with one attached hydrogen (secondary N) is 1. The van der Waals surface area contributed by atoms with E-state index in [1.165, 1.54) is 0 Å². The van der Waals surface area contributed by atoms with Crippen LogP contribution in [0.15, 0.2) is 22.7 Å². The Morgan fingerprint density at radius 1 is 1.50 bits per heavy atom. The van der Waals surface area contributed by atoms with Crippen molar-refractivity contribution in [2.24, 2.45) is 0 Å². The van der Waals surface area contributed by atoms with Gasteiger partial charge in [-0.05, 0) is 41.1 Å². The summed E-state index contributed by atoms with van der Waals surface area (Å²) < 4.78 is 6.10. The van der Waals surface area contributed by atoms with E-state index >= 15 is 0 Å². The molecule has 0 spiro atoms. The fourth-order valence-corrected chi connectivity index (χ4v) is 2.59. The molecular formula is C14H18BrClN2O2. The minimum Gasteiger partial charge on any atom is -0.379 e.